The third-order valence-corrected chi connectivity index (χ3v) is 4.27. The number of aryl methyl sites for hydroxylation is 1. The summed E-state index contributed by atoms with van der Waals surface area (Å²) in [5.41, 5.74) is 0.0960. The van der Waals surface area contributed by atoms with Crippen LogP contribution in [0.4, 0.5) is 10.1 Å². The van der Waals surface area contributed by atoms with Gasteiger partial charge in [-0.3, -0.25) is 19.5 Å². The van der Waals surface area contributed by atoms with Gasteiger partial charge in [0.1, 0.15) is 11.4 Å². The SMILES string of the molecule is Cn1cc(NC(=O)c2cccc(C3(F)C=CC=NC3)n2)c(-c2ccccn2)n1. The number of anilines is 1. The van der Waals surface area contributed by atoms with E-state index in [-0.39, 0.29) is 17.9 Å². The number of amides is 1. The highest BCUT2D eigenvalue weighted by molar-refractivity contribution is 6.04. The van der Waals surface area contributed by atoms with Crippen LogP contribution in [-0.4, -0.2) is 38.4 Å². The van der Waals surface area contributed by atoms with Gasteiger partial charge in [-0.2, -0.15) is 5.10 Å². The molecular formula is C20H17FN6O. The standard InChI is InChI=1S/C20H17FN6O/c1-27-12-16(18(26-27)14-6-2-3-11-23-14)25-19(28)15-7-4-8-17(24-15)20(21)9-5-10-22-13-20/h2-12H,13H2,1H3,(H,25,28). The highest BCUT2D eigenvalue weighted by atomic mass is 19.1. The van der Waals surface area contributed by atoms with Crippen molar-refractivity contribution in [3.05, 3.63) is 72.3 Å². The molecule has 1 aliphatic rings. The van der Waals surface area contributed by atoms with Crippen LogP contribution in [0.25, 0.3) is 11.4 Å². The van der Waals surface area contributed by atoms with Crippen LogP contribution in [0.15, 0.2) is 65.9 Å². The average molecular weight is 376 g/mol. The summed E-state index contributed by atoms with van der Waals surface area (Å²) in [6.45, 7) is -0.0615. The fourth-order valence-corrected chi connectivity index (χ4v) is 2.91. The number of dihydropyridines is 1. The number of carbonyl (C=O) groups is 1. The Hall–Kier alpha value is -3.68. The van der Waals surface area contributed by atoms with Gasteiger partial charge in [0.25, 0.3) is 5.91 Å². The minimum Gasteiger partial charge on any atom is -0.317 e. The van der Waals surface area contributed by atoms with Gasteiger partial charge in [-0.1, -0.05) is 12.1 Å². The van der Waals surface area contributed by atoms with E-state index in [0.717, 1.165) is 0 Å². The second-order valence-electron chi connectivity index (χ2n) is 6.35. The number of carbonyl (C=O) groups excluding carboxylic acids is 1. The van der Waals surface area contributed by atoms with Crippen molar-refractivity contribution in [2.24, 2.45) is 12.0 Å². The fraction of sp³-hybridized carbons (Fsp3) is 0.150. The van der Waals surface area contributed by atoms with Crippen molar-refractivity contribution in [1.82, 2.24) is 19.7 Å². The molecule has 4 rings (SSSR count). The highest BCUT2D eigenvalue weighted by Crippen LogP contribution is 2.29. The lowest BCUT2D eigenvalue weighted by molar-refractivity contribution is 0.102. The Kier molecular flexibility index (Phi) is 4.52. The second kappa shape index (κ2) is 7.15. The number of halogens is 1. The third kappa shape index (κ3) is 3.44. The van der Waals surface area contributed by atoms with Crippen molar-refractivity contribution >= 4 is 17.8 Å². The molecule has 1 unspecified atom stereocenters. The number of alkyl halides is 1. The number of rotatable bonds is 4. The zero-order chi connectivity index (χ0) is 19.6. The van der Waals surface area contributed by atoms with Crippen LogP contribution >= 0.6 is 0 Å². The predicted molar refractivity (Wildman–Crippen MR) is 104 cm³/mol. The first-order valence-corrected chi connectivity index (χ1v) is 8.66. The van der Waals surface area contributed by atoms with E-state index in [0.29, 0.717) is 17.1 Å². The molecule has 1 aliphatic heterocycles. The monoisotopic (exact) mass is 376 g/mol. The Morgan fingerprint density at radius 3 is 2.89 bits per heavy atom. The predicted octanol–water partition coefficient (Wildman–Crippen LogP) is 2.93. The van der Waals surface area contributed by atoms with Gasteiger partial charge in [-0.05, 0) is 36.4 Å². The van der Waals surface area contributed by atoms with E-state index in [1.165, 1.54) is 24.4 Å². The van der Waals surface area contributed by atoms with E-state index in [1.807, 2.05) is 6.07 Å². The van der Waals surface area contributed by atoms with Crippen LogP contribution in [-0.2, 0) is 12.7 Å². The fourth-order valence-electron chi connectivity index (χ4n) is 2.91. The Morgan fingerprint density at radius 1 is 1.25 bits per heavy atom. The van der Waals surface area contributed by atoms with Crippen molar-refractivity contribution < 1.29 is 9.18 Å². The van der Waals surface area contributed by atoms with Crippen molar-refractivity contribution in [3.63, 3.8) is 0 Å². The van der Waals surface area contributed by atoms with Gasteiger partial charge in [0, 0.05) is 25.7 Å². The van der Waals surface area contributed by atoms with Crippen LogP contribution in [0, 0.1) is 0 Å². The van der Waals surface area contributed by atoms with Gasteiger partial charge in [-0.15, -0.1) is 0 Å². The number of hydrogen-bond acceptors (Lipinski definition) is 5. The van der Waals surface area contributed by atoms with Gasteiger partial charge in [-0.25, -0.2) is 9.37 Å². The summed E-state index contributed by atoms with van der Waals surface area (Å²) < 4.78 is 16.6. The van der Waals surface area contributed by atoms with Gasteiger partial charge >= 0.3 is 0 Å². The van der Waals surface area contributed by atoms with E-state index in [4.69, 9.17) is 0 Å². The van der Waals surface area contributed by atoms with Gasteiger partial charge in [0.2, 0.25) is 0 Å². The van der Waals surface area contributed by atoms with Crippen LogP contribution in [0.2, 0.25) is 0 Å². The zero-order valence-corrected chi connectivity index (χ0v) is 15.1. The molecule has 8 heteroatoms. The number of allylic oxidation sites excluding steroid dienone is 1. The molecule has 3 aromatic heterocycles. The highest BCUT2D eigenvalue weighted by Gasteiger charge is 2.32. The summed E-state index contributed by atoms with van der Waals surface area (Å²) in [4.78, 5) is 25.2. The first kappa shape index (κ1) is 17.7. The quantitative estimate of drug-likeness (QED) is 0.759. The van der Waals surface area contributed by atoms with Crippen LogP contribution in [0.3, 0.4) is 0 Å². The topological polar surface area (TPSA) is 85.1 Å². The largest absolute Gasteiger partial charge is 0.317 e. The Balaban J connectivity index is 1.61. The number of nitrogens with zero attached hydrogens (tertiary/aromatic N) is 5. The van der Waals surface area contributed by atoms with Crippen molar-refractivity contribution in [1.29, 1.82) is 0 Å². The minimum atomic E-state index is -1.82. The lowest BCUT2D eigenvalue weighted by Gasteiger charge is -2.21. The molecule has 0 bridgehead atoms. The maximum atomic E-state index is 15.0. The Labute approximate surface area is 160 Å². The molecule has 0 aromatic carbocycles. The lowest BCUT2D eigenvalue weighted by atomic mass is 9.99. The lowest BCUT2D eigenvalue weighted by Crippen LogP contribution is -2.26. The number of aliphatic imine (C=N–C) groups is 1. The summed E-state index contributed by atoms with van der Waals surface area (Å²) in [5.74, 6) is -0.459. The number of hydrogen-bond donors (Lipinski definition) is 1. The molecule has 0 saturated carbocycles. The second-order valence-corrected chi connectivity index (χ2v) is 6.35. The number of pyridine rings is 2. The van der Waals surface area contributed by atoms with E-state index >= 15 is 4.39 Å². The number of aromatic nitrogens is 4. The molecular weight excluding hydrogens is 359 g/mol. The van der Waals surface area contributed by atoms with Crippen molar-refractivity contribution in [2.75, 3.05) is 11.9 Å². The summed E-state index contributed by atoms with van der Waals surface area (Å²) in [6.07, 6.45) is 7.80. The van der Waals surface area contributed by atoms with E-state index < -0.39 is 11.6 Å². The molecule has 0 fully saturated rings. The summed E-state index contributed by atoms with van der Waals surface area (Å²) >= 11 is 0. The molecule has 4 heterocycles. The maximum absolute atomic E-state index is 15.0. The van der Waals surface area contributed by atoms with E-state index in [1.54, 1.807) is 48.4 Å². The molecule has 28 heavy (non-hydrogen) atoms. The van der Waals surface area contributed by atoms with E-state index in [2.05, 4.69) is 25.4 Å². The Bertz CT molecular complexity index is 1080. The van der Waals surface area contributed by atoms with Gasteiger partial charge in [0.05, 0.1) is 23.6 Å². The first-order chi connectivity index (χ1) is 13.5. The Morgan fingerprint density at radius 2 is 2.14 bits per heavy atom. The summed E-state index contributed by atoms with van der Waals surface area (Å²) in [6, 6.07) is 10.1. The molecule has 1 atom stereocenters. The maximum Gasteiger partial charge on any atom is 0.274 e. The van der Waals surface area contributed by atoms with Crippen molar-refractivity contribution in [3.8, 4) is 11.4 Å². The molecule has 0 radical (unpaired) electrons. The molecule has 0 aliphatic carbocycles. The molecule has 1 N–H and O–H groups in total. The van der Waals surface area contributed by atoms with Crippen molar-refractivity contribution in [2.45, 2.75) is 5.67 Å². The molecule has 140 valence electrons. The van der Waals surface area contributed by atoms with Crippen LogP contribution < -0.4 is 5.32 Å². The summed E-state index contributed by atoms with van der Waals surface area (Å²) in [7, 11) is 1.75. The molecule has 1 amide bonds. The van der Waals surface area contributed by atoms with E-state index in [9.17, 15) is 4.79 Å². The molecule has 0 spiro atoms. The van der Waals surface area contributed by atoms with Crippen LogP contribution in [0.1, 0.15) is 16.2 Å². The van der Waals surface area contributed by atoms with Gasteiger partial charge in [0.15, 0.2) is 5.67 Å². The van der Waals surface area contributed by atoms with Gasteiger partial charge < -0.3 is 5.32 Å². The minimum absolute atomic E-state index is 0.0615. The number of nitrogens with one attached hydrogen (secondary N) is 1. The normalized spacial score (nSPS) is 18.2. The third-order valence-electron chi connectivity index (χ3n) is 4.27. The molecule has 3 aromatic rings. The average Bonchev–Trinajstić information content (AvgIpc) is 3.09. The zero-order valence-electron chi connectivity index (χ0n) is 15.1. The molecule has 0 saturated heterocycles. The first-order valence-electron chi connectivity index (χ1n) is 8.66. The van der Waals surface area contributed by atoms with Crippen LogP contribution in [0.5, 0.6) is 0 Å². The molecule has 7 nitrogen and oxygen atoms in total. The smallest absolute Gasteiger partial charge is 0.274 e. The summed E-state index contributed by atoms with van der Waals surface area (Å²) in [5, 5.41) is 7.16.